The predicted molar refractivity (Wildman–Crippen MR) is 131 cm³/mol. The molecule has 188 valence electrons. The molecule has 2 amide bonds. The summed E-state index contributed by atoms with van der Waals surface area (Å²) in [5.74, 6) is -0.450. The maximum absolute atomic E-state index is 13.0. The number of hydrogen-bond acceptors (Lipinski definition) is 7. The van der Waals surface area contributed by atoms with Crippen LogP contribution in [0, 0.1) is 0 Å². The van der Waals surface area contributed by atoms with E-state index in [-0.39, 0.29) is 50.0 Å². The Morgan fingerprint density at radius 1 is 1.11 bits per heavy atom. The summed E-state index contributed by atoms with van der Waals surface area (Å²) in [6, 6.07) is 8.71. The van der Waals surface area contributed by atoms with Crippen molar-refractivity contribution >= 4 is 21.7 Å². The van der Waals surface area contributed by atoms with E-state index in [1.807, 2.05) is 42.5 Å². The van der Waals surface area contributed by atoms with Crippen LogP contribution in [0.25, 0.3) is 5.69 Å². The van der Waals surface area contributed by atoms with Gasteiger partial charge in [-0.1, -0.05) is 30.4 Å². The largest absolute Gasteiger partial charge is 0.485 e. The normalized spacial score (nSPS) is 24.9. The Hall–Kier alpha value is -3.18. The third-order valence-corrected chi connectivity index (χ3v) is 8.41. The van der Waals surface area contributed by atoms with Crippen molar-refractivity contribution in [3.63, 3.8) is 0 Å². The van der Waals surface area contributed by atoms with Crippen LogP contribution in [0.2, 0.25) is 0 Å². The Morgan fingerprint density at radius 3 is 2.71 bits per heavy atom. The van der Waals surface area contributed by atoms with Gasteiger partial charge < -0.3 is 20.7 Å². The smallest absolute Gasteiger partial charge is 0.275 e. The summed E-state index contributed by atoms with van der Waals surface area (Å²) >= 11 is 0. The standard InChI is InChI=1S/C24H31N5O5S/c25-20-10-6-1-2-7-14-34-21-17-29(18-8-4-3-5-9-18)27-22(21)23(30)26-12-11-19-16-28(24(20)31)13-15-35(19,32)33/h2-5,7-9,17,19-20H,1,6,10-16,25H2,(H,26,30)/b7-2+. The molecule has 0 saturated carbocycles. The van der Waals surface area contributed by atoms with E-state index in [2.05, 4.69) is 10.4 Å². The van der Waals surface area contributed by atoms with Crippen molar-refractivity contribution in [2.24, 2.45) is 5.73 Å². The first-order valence-corrected chi connectivity index (χ1v) is 13.5. The molecule has 2 unspecified atom stereocenters. The highest BCUT2D eigenvalue weighted by Gasteiger charge is 2.36. The molecule has 2 aliphatic rings. The third kappa shape index (κ3) is 6.09. The van der Waals surface area contributed by atoms with Gasteiger partial charge in [0.05, 0.1) is 28.9 Å². The van der Waals surface area contributed by atoms with Crippen LogP contribution < -0.4 is 15.8 Å². The number of hydrogen-bond donors (Lipinski definition) is 2. The summed E-state index contributed by atoms with van der Waals surface area (Å²) < 4.78 is 32.6. The van der Waals surface area contributed by atoms with E-state index in [1.54, 1.807) is 15.8 Å². The number of nitrogens with zero attached hydrogens (tertiary/aromatic N) is 3. The number of carbonyl (C=O) groups excluding carboxylic acids is 2. The lowest BCUT2D eigenvalue weighted by molar-refractivity contribution is -0.132. The van der Waals surface area contributed by atoms with Crippen molar-refractivity contribution in [3.8, 4) is 11.4 Å². The number of rotatable bonds is 1. The number of allylic oxidation sites excluding steroid dienone is 1. The van der Waals surface area contributed by atoms with Crippen molar-refractivity contribution in [2.75, 3.05) is 32.0 Å². The summed E-state index contributed by atoms with van der Waals surface area (Å²) in [6.45, 7) is 0.602. The van der Waals surface area contributed by atoms with E-state index in [4.69, 9.17) is 10.5 Å². The summed E-state index contributed by atoms with van der Waals surface area (Å²) in [5, 5.41) is 6.42. The van der Waals surface area contributed by atoms with Crippen LogP contribution in [0.1, 0.15) is 36.2 Å². The molecule has 2 aliphatic heterocycles. The van der Waals surface area contributed by atoms with Crippen LogP contribution in [0.3, 0.4) is 0 Å². The molecule has 0 radical (unpaired) electrons. The number of nitrogens with one attached hydrogen (secondary N) is 1. The third-order valence-electron chi connectivity index (χ3n) is 6.26. The lowest BCUT2D eigenvalue weighted by Gasteiger charge is -2.34. The summed E-state index contributed by atoms with van der Waals surface area (Å²) in [5.41, 5.74) is 7.00. The van der Waals surface area contributed by atoms with Gasteiger partial charge in [0.25, 0.3) is 5.91 Å². The van der Waals surface area contributed by atoms with Gasteiger partial charge in [-0.15, -0.1) is 0 Å². The quantitative estimate of drug-likeness (QED) is 0.558. The Labute approximate surface area is 205 Å². The zero-order valence-corrected chi connectivity index (χ0v) is 20.3. The molecule has 1 fully saturated rings. The Bertz CT molecular complexity index is 1180. The predicted octanol–water partition coefficient (Wildman–Crippen LogP) is 1.06. The first kappa shape index (κ1) is 24.9. The van der Waals surface area contributed by atoms with Gasteiger partial charge in [-0.05, 0) is 37.8 Å². The van der Waals surface area contributed by atoms with Crippen molar-refractivity contribution in [2.45, 2.75) is 37.0 Å². The Balaban J connectivity index is 1.56. The van der Waals surface area contributed by atoms with Crippen LogP contribution in [0.5, 0.6) is 5.75 Å². The van der Waals surface area contributed by atoms with E-state index >= 15 is 0 Å². The second-order valence-corrected chi connectivity index (χ2v) is 11.2. The van der Waals surface area contributed by atoms with Gasteiger partial charge in [0, 0.05) is 19.6 Å². The Morgan fingerprint density at radius 2 is 1.91 bits per heavy atom. The first-order chi connectivity index (χ1) is 16.8. The molecule has 2 atom stereocenters. The maximum Gasteiger partial charge on any atom is 0.275 e. The molecule has 2 aromatic rings. The molecule has 35 heavy (non-hydrogen) atoms. The van der Waals surface area contributed by atoms with Gasteiger partial charge in [0.15, 0.2) is 21.3 Å². The number of sulfone groups is 1. The van der Waals surface area contributed by atoms with Crippen LogP contribution in [0.15, 0.2) is 48.7 Å². The first-order valence-electron chi connectivity index (χ1n) is 11.8. The highest BCUT2D eigenvalue weighted by molar-refractivity contribution is 7.92. The molecule has 11 heteroatoms. The van der Waals surface area contributed by atoms with Gasteiger partial charge in [0.1, 0.15) is 6.61 Å². The van der Waals surface area contributed by atoms with Crippen LogP contribution in [-0.2, 0) is 14.6 Å². The minimum absolute atomic E-state index is 0.0850. The molecule has 10 nitrogen and oxygen atoms in total. The molecular weight excluding hydrogens is 470 g/mol. The monoisotopic (exact) mass is 501 g/mol. The Kier molecular flexibility index (Phi) is 7.86. The van der Waals surface area contributed by atoms with E-state index < -0.39 is 27.0 Å². The summed E-state index contributed by atoms with van der Waals surface area (Å²) in [7, 11) is -3.37. The molecule has 0 spiro atoms. The average Bonchev–Trinajstić information content (AvgIpc) is 3.28. The average molecular weight is 502 g/mol. The van der Waals surface area contributed by atoms with E-state index in [0.29, 0.717) is 12.2 Å². The van der Waals surface area contributed by atoms with Gasteiger partial charge in [-0.2, -0.15) is 5.10 Å². The van der Waals surface area contributed by atoms with Gasteiger partial charge >= 0.3 is 0 Å². The topological polar surface area (TPSA) is 137 Å². The summed E-state index contributed by atoms with van der Waals surface area (Å²) in [4.78, 5) is 27.3. The number of carbonyl (C=O) groups is 2. The molecule has 0 aliphatic carbocycles. The molecular formula is C24H31N5O5S. The highest BCUT2D eigenvalue weighted by Crippen LogP contribution is 2.21. The van der Waals surface area contributed by atoms with Gasteiger partial charge in [0.2, 0.25) is 5.91 Å². The highest BCUT2D eigenvalue weighted by atomic mass is 32.2. The molecule has 1 saturated heterocycles. The number of ether oxygens (including phenoxy) is 1. The van der Waals surface area contributed by atoms with Crippen molar-refractivity contribution in [3.05, 3.63) is 54.4 Å². The zero-order valence-electron chi connectivity index (χ0n) is 19.5. The van der Waals surface area contributed by atoms with Crippen LogP contribution in [0.4, 0.5) is 0 Å². The van der Waals surface area contributed by atoms with E-state index in [0.717, 1.165) is 18.5 Å². The molecule has 1 aromatic heterocycles. The van der Waals surface area contributed by atoms with Gasteiger partial charge in [-0.25, -0.2) is 13.1 Å². The second-order valence-electron chi connectivity index (χ2n) is 8.76. The molecule has 4 rings (SSSR count). The minimum atomic E-state index is -3.37. The van der Waals surface area contributed by atoms with Gasteiger partial charge in [-0.3, -0.25) is 9.59 Å². The fourth-order valence-corrected chi connectivity index (χ4v) is 5.92. The molecule has 3 heterocycles. The van der Waals surface area contributed by atoms with Crippen LogP contribution >= 0.6 is 0 Å². The number of nitrogens with two attached hydrogens (primary N) is 1. The second kappa shape index (κ2) is 11.0. The van der Waals surface area contributed by atoms with E-state index in [9.17, 15) is 18.0 Å². The number of benzene rings is 1. The fraction of sp³-hybridized carbons (Fsp3) is 0.458. The molecule has 3 N–H and O–H groups in total. The lowest BCUT2D eigenvalue weighted by Crippen LogP contribution is -2.54. The van der Waals surface area contributed by atoms with Crippen molar-refractivity contribution in [1.29, 1.82) is 0 Å². The number of para-hydroxylation sites is 1. The zero-order chi connectivity index (χ0) is 24.8. The lowest BCUT2D eigenvalue weighted by atomic mass is 10.1. The maximum atomic E-state index is 13.0. The number of fused-ring (bicyclic) bond motifs is 3. The minimum Gasteiger partial charge on any atom is -0.485 e. The molecule has 1 aromatic carbocycles. The van der Waals surface area contributed by atoms with Crippen LogP contribution in [-0.4, -0.2) is 78.2 Å². The number of aromatic nitrogens is 2. The fourth-order valence-electron chi connectivity index (χ4n) is 4.23. The summed E-state index contributed by atoms with van der Waals surface area (Å²) in [6.07, 6.45) is 7.61. The van der Waals surface area contributed by atoms with Crippen molar-refractivity contribution < 1.29 is 22.7 Å². The number of amides is 2. The van der Waals surface area contributed by atoms with Crippen molar-refractivity contribution in [1.82, 2.24) is 20.0 Å². The SMILES string of the molecule is NC1CCC/C=C/COc2cn(-c3ccccc3)nc2C(=O)NCCC2CN(CCS2(=O)=O)C1=O. The molecule has 2 bridgehead atoms. The van der Waals surface area contributed by atoms with E-state index in [1.165, 1.54) is 0 Å².